The number of amides is 2. The number of carbonyl (C=O) groups is 2. The molecule has 2 aromatic rings. The molecule has 2 amide bonds. The van der Waals surface area contributed by atoms with E-state index in [1.807, 2.05) is 43.9 Å². The van der Waals surface area contributed by atoms with Crippen molar-refractivity contribution in [2.75, 3.05) is 13.1 Å². The van der Waals surface area contributed by atoms with Crippen LogP contribution in [0.15, 0.2) is 54.5 Å². The standard InChI is InChI=1S/C26H33BN2O5/c1-26(2,3)34-25(31)28-18-20-7-5-8-22(17-20)21-11-14-29(15-12-21)24(30)23-9-4-6-19(16-23)10-13-27(32)33/h4-10,13,16-17,21,32-33H,11-12,14-15,18H2,1-3H3,(H,28,31)/b13-10-. The van der Waals surface area contributed by atoms with Crippen LogP contribution < -0.4 is 5.32 Å². The molecule has 1 aliphatic rings. The van der Waals surface area contributed by atoms with Crippen molar-refractivity contribution in [3.63, 3.8) is 0 Å². The topological polar surface area (TPSA) is 99.1 Å². The maximum Gasteiger partial charge on any atom is 0.480 e. The van der Waals surface area contributed by atoms with Crippen LogP contribution in [0.3, 0.4) is 0 Å². The second kappa shape index (κ2) is 11.4. The van der Waals surface area contributed by atoms with Crippen LogP contribution in [0.25, 0.3) is 6.08 Å². The summed E-state index contributed by atoms with van der Waals surface area (Å²) in [5.41, 5.74) is 3.02. The quantitative estimate of drug-likeness (QED) is 0.566. The largest absolute Gasteiger partial charge is 0.480 e. The molecule has 0 aromatic heterocycles. The van der Waals surface area contributed by atoms with Gasteiger partial charge in [0.1, 0.15) is 5.60 Å². The summed E-state index contributed by atoms with van der Waals surface area (Å²) in [5.74, 6) is 1.59. The van der Waals surface area contributed by atoms with Crippen molar-refractivity contribution >= 4 is 25.2 Å². The van der Waals surface area contributed by atoms with Gasteiger partial charge in [0.15, 0.2) is 0 Å². The van der Waals surface area contributed by atoms with Crippen molar-refractivity contribution in [1.29, 1.82) is 0 Å². The maximum absolute atomic E-state index is 13.0. The predicted molar refractivity (Wildman–Crippen MR) is 133 cm³/mol. The lowest BCUT2D eigenvalue weighted by molar-refractivity contribution is 0.0523. The molecule has 1 saturated heterocycles. The highest BCUT2D eigenvalue weighted by Gasteiger charge is 2.25. The summed E-state index contributed by atoms with van der Waals surface area (Å²) in [7, 11) is -1.52. The maximum atomic E-state index is 13.0. The van der Waals surface area contributed by atoms with Gasteiger partial charge < -0.3 is 25.0 Å². The Bertz CT molecular complexity index is 1020. The van der Waals surface area contributed by atoms with Gasteiger partial charge in [0, 0.05) is 25.2 Å². The fourth-order valence-electron chi connectivity index (χ4n) is 4.02. The van der Waals surface area contributed by atoms with Gasteiger partial charge >= 0.3 is 13.2 Å². The summed E-state index contributed by atoms with van der Waals surface area (Å²) in [6.45, 7) is 7.23. The number of benzene rings is 2. The van der Waals surface area contributed by atoms with E-state index in [-0.39, 0.29) is 5.91 Å². The monoisotopic (exact) mass is 464 g/mol. The van der Waals surface area contributed by atoms with Crippen LogP contribution in [-0.2, 0) is 11.3 Å². The Balaban J connectivity index is 1.56. The molecule has 0 atom stereocenters. The van der Waals surface area contributed by atoms with Crippen LogP contribution in [0.2, 0.25) is 0 Å². The van der Waals surface area contributed by atoms with Gasteiger partial charge in [0.05, 0.1) is 0 Å². The lowest BCUT2D eigenvalue weighted by Gasteiger charge is -2.32. The number of alkyl carbamates (subject to hydrolysis) is 1. The Labute approximate surface area is 201 Å². The van der Waals surface area contributed by atoms with E-state index in [1.54, 1.807) is 24.3 Å². The van der Waals surface area contributed by atoms with Crippen molar-refractivity contribution in [3.8, 4) is 0 Å². The van der Waals surface area contributed by atoms with Gasteiger partial charge in [-0.05, 0) is 68.4 Å². The summed E-state index contributed by atoms with van der Waals surface area (Å²) in [6.07, 6.45) is 2.88. The summed E-state index contributed by atoms with van der Waals surface area (Å²) in [6, 6.07) is 15.3. The third-order valence-corrected chi connectivity index (χ3v) is 5.63. The number of hydrogen-bond donors (Lipinski definition) is 3. The van der Waals surface area contributed by atoms with Crippen molar-refractivity contribution < 1.29 is 24.4 Å². The summed E-state index contributed by atoms with van der Waals surface area (Å²) in [4.78, 5) is 26.8. The molecular formula is C26H33BN2O5. The molecule has 0 spiro atoms. The average molecular weight is 464 g/mol. The fraction of sp³-hybridized carbons (Fsp3) is 0.385. The van der Waals surface area contributed by atoms with Gasteiger partial charge in [-0.25, -0.2) is 4.79 Å². The Morgan fingerprint density at radius 1 is 1.12 bits per heavy atom. The van der Waals surface area contributed by atoms with Gasteiger partial charge in [-0.3, -0.25) is 4.79 Å². The van der Waals surface area contributed by atoms with E-state index in [2.05, 4.69) is 17.4 Å². The van der Waals surface area contributed by atoms with Crippen LogP contribution in [-0.4, -0.2) is 52.8 Å². The lowest BCUT2D eigenvalue weighted by Crippen LogP contribution is -2.38. The van der Waals surface area contributed by atoms with Crippen molar-refractivity contribution in [2.24, 2.45) is 0 Å². The van der Waals surface area contributed by atoms with E-state index in [0.717, 1.165) is 24.0 Å². The first kappa shape index (κ1) is 25.5. The molecule has 3 N–H and O–H groups in total. The van der Waals surface area contributed by atoms with Gasteiger partial charge in [-0.1, -0.05) is 48.4 Å². The van der Waals surface area contributed by atoms with E-state index < -0.39 is 18.8 Å². The minimum absolute atomic E-state index is 0.0199. The molecule has 0 unspecified atom stereocenters. The fourth-order valence-corrected chi connectivity index (χ4v) is 4.02. The zero-order valence-corrected chi connectivity index (χ0v) is 20.0. The minimum Gasteiger partial charge on any atom is -0.444 e. The van der Waals surface area contributed by atoms with Crippen LogP contribution in [0, 0.1) is 0 Å². The number of ether oxygens (including phenoxy) is 1. The molecule has 7 nitrogen and oxygen atoms in total. The van der Waals surface area contributed by atoms with Gasteiger partial charge in [0.2, 0.25) is 0 Å². The third kappa shape index (κ3) is 7.75. The predicted octanol–water partition coefficient (Wildman–Crippen LogP) is 3.76. The van der Waals surface area contributed by atoms with E-state index in [9.17, 15) is 9.59 Å². The molecule has 180 valence electrons. The molecule has 1 heterocycles. The second-order valence-corrected chi connectivity index (χ2v) is 9.57. The molecule has 0 radical (unpaired) electrons. The van der Waals surface area contributed by atoms with Gasteiger partial charge in [-0.15, -0.1) is 0 Å². The summed E-state index contributed by atoms with van der Waals surface area (Å²) >= 11 is 0. The highest BCUT2D eigenvalue weighted by Crippen LogP contribution is 2.29. The van der Waals surface area contributed by atoms with Gasteiger partial charge in [0.25, 0.3) is 5.91 Å². The first-order valence-corrected chi connectivity index (χ1v) is 11.6. The number of hydrogen-bond acceptors (Lipinski definition) is 5. The number of carbonyl (C=O) groups excluding carboxylic acids is 2. The molecule has 1 aliphatic heterocycles. The highest BCUT2D eigenvalue weighted by atomic mass is 16.6. The van der Waals surface area contributed by atoms with Crippen LogP contribution in [0.1, 0.15) is 66.6 Å². The molecular weight excluding hydrogens is 431 g/mol. The number of nitrogens with zero attached hydrogens (tertiary/aromatic N) is 1. The van der Waals surface area contributed by atoms with Gasteiger partial charge in [-0.2, -0.15) is 0 Å². The van der Waals surface area contributed by atoms with E-state index in [0.29, 0.717) is 31.1 Å². The van der Waals surface area contributed by atoms with E-state index in [4.69, 9.17) is 14.8 Å². The smallest absolute Gasteiger partial charge is 0.444 e. The molecule has 8 heteroatoms. The number of likely N-dealkylation sites (tertiary alicyclic amines) is 1. The Morgan fingerprint density at radius 3 is 2.50 bits per heavy atom. The molecule has 2 aromatic carbocycles. The molecule has 0 aliphatic carbocycles. The first-order chi connectivity index (χ1) is 16.1. The van der Waals surface area contributed by atoms with Crippen LogP contribution >= 0.6 is 0 Å². The van der Waals surface area contributed by atoms with Crippen LogP contribution in [0.4, 0.5) is 4.79 Å². The second-order valence-electron chi connectivity index (χ2n) is 9.57. The van der Waals surface area contributed by atoms with E-state index in [1.165, 1.54) is 11.5 Å². The average Bonchev–Trinajstić information content (AvgIpc) is 2.80. The van der Waals surface area contributed by atoms with E-state index >= 15 is 0 Å². The van der Waals surface area contributed by atoms with Crippen molar-refractivity contribution in [3.05, 3.63) is 76.8 Å². The molecule has 3 rings (SSSR count). The number of nitrogens with one attached hydrogen (secondary N) is 1. The molecule has 0 bridgehead atoms. The van der Waals surface area contributed by atoms with Crippen molar-refractivity contribution in [1.82, 2.24) is 10.2 Å². The normalized spacial score (nSPS) is 14.8. The van der Waals surface area contributed by atoms with Crippen LogP contribution in [0.5, 0.6) is 0 Å². The third-order valence-electron chi connectivity index (χ3n) is 5.63. The molecule has 0 saturated carbocycles. The zero-order chi connectivity index (χ0) is 24.7. The Morgan fingerprint density at radius 2 is 1.82 bits per heavy atom. The Kier molecular flexibility index (Phi) is 8.53. The first-order valence-electron chi connectivity index (χ1n) is 11.6. The Hall–Kier alpha value is -3.10. The summed E-state index contributed by atoms with van der Waals surface area (Å²) < 4.78 is 5.29. The lowest BCUT2D eigenvalue weighted by atomic mass is 9.88. The minimum atomic E-state index is -1.52. The number of rotatable bonds is 6. The van der Waals surface area contributed by atoms with Crippen molar-refractivity contribution in [2.45, 2.75) is 51.7 Å². The SMILES string of the molecule is CC(C)(C)OC(=O)NCc1cccc(C2CCN(C(=O)c3cccc(/C=C\B(O)O)c3)CC2)c1. The summed E-state index contributed by atoms with van der Waals surface area (Å²) in [5, 5.41) is 20.8. The molecule has 1 fully saturated rings. The number of piperidine rings is 1. The zero-order valence-electron chi connectivity index (χ0n) is 20.0. The highest BCUT2D eigenvalue weighted by molar-refractivity contribution is 6.48. The molecule has 34 heavy (non-hydrogen) atoms.